The number of rotatable bonds is 3. The minimum absolute atomic E-state index is 0.126. The zero-order valence-corrected chi connectivity index (χ0v) is 10.1. The number of aryl methyl sites for hydroxylation is 1. The van der Waals surface area contributed by atoms with Gasteiger partial charge in [-0.25, -0.2) is 0 Å². The van der Waals surface area contributed by atoms with Crippen molar-refractivity contribution in [3.05, 3.63) is 65.5 Å². The Kier molecular flexibility index (Phi) is 3.33. The van der Waals surface area contributed by atoms with Crippen LogP contribution in [0.5, 0.6) is 0 Å². The normalized spacial score (nSPS) is 12.1. The van der Waals surface area contributed by atoms with E-state index in [1.807, 2.05) is 50.2 Å². The van der Waals surface area contributed by atoms with Crippen molar-refractivity contribution in [3.63, 3.8) is 0 Å². The minimum atomic E-state index is -0.126. The second-order valence-corrected chi connectivity index (χ2v) is 4.18. The van der Waals surface area contributed by atoms with Crippen LogP contribution in [0.15, 0.2) is 48.8 Å². The molecule has 0 saturated carbocycles. The summed E-state index contributed by atoms with van der Waals surface area (Å²) in [6.45, 7) is 3.90. The standard InChI is InChI=1S/C15H15NO/c1-11-5-3-4-6-14(11)15(17)12(2)13-7-9-16-10-8-13/h3-10,12H,1-2H3. The van der Waals surface area contributed by atoms with E-state index in [1.54, 1.807) is 12.4 Å². The summed E-state index contributed by atoms with van der Waals surface area (Å²) < 4.78 is 0. The fraction of sp³-hybridized carbons (Fsp3) is 0.200. The van der Waals surface area contributed by atoms with Gasteiger partial charge in [-0.3, -0.25) is 9.78 Å². The molecule has 0 spiro atoms. The fourth-order valence-electron chi connectivity index (χ4n) is 1.89. The Morgan fingerprint density at radius 2 is 1.76 bits per heavy atom. The number of hydrogen-bond donors (Lipinski definition) is 0. The number of ketones is 1. The molecule has 2 aromatic rings. The highest BCUT2D eigenvalue weighted by Crippen LogP contribution is 2.21. The Balaban J connectivity index is 2.30. The summed E-state index contributed by atoms with van der Waals surface area (Å²) in [5, 5.41) is 0. The molecule has 1 aromatic heterocycles. The molecule has 1 atom stereocenters. The highest BCUT2D eigenvalue weighted by molar-refractivity contribution is 6.01. The van der Waals surface area contributed by atoms with Gasteiger partial charge in [0.1, 0.15) is 0 Å². The quantitative estimate of drug-likeness (QED) is 0.749. The molecule has 17 heavy (non-hydrogen) atoms. The van der Waals surface area contributed by atoms with E-state index < -0.39 is 0 Å². The van der Waals surface area contributed by atoms with E-state index in [2.05, 4.69) is 4.98 Å². The molecule has 2 heteroatoms. The van der Waals surface area contributed by atoms with E-state index in [9.17, 15) is 4.79 Å². The number of pyridine rings is 1. The Bertz CT molecular complexity index is 519. The van der Waals surface area contributed by atoms with E-state index in [4.69, 9.17) is 0 Å². The van der Waals surface area contributed by atoms with Crippen molar-refractivity contribution in [2.45, 2.75) is 19.8 Å². The van der Waals surface area contributed by atoms with E-state index in [0.717, 1.165) is 16.7 Å². The van der Waals surface area contributed by atoms with Gasteiger partial charge in [0.2, 0.25) is 0 Å². The molecule has 0 fully saturated rings. The van der Waals surface area contributed by atoms with Crippen molar-refractivity contribution in [1.29, 1.82) is 0 Å². The van der Waals surface area contributed by atoms with Gasteiger partial charge < -0.3 is 0 Å². The first-order valence-electron chi connectivity index (χ1n) is 5.70. The van der Waals surface area contributed by atoms with Crippen LogP contribution in [-0.4, -0.2) is 10.8 Å². The molecule has 0 saturated heterocycles. The topological polar surface area (TPSA) is 30.0 Å². The van der Waals surface area contributed by atoms with Crippen molar-refractivity contribution in [3.8, 4) is 0 Å². The van der Waals surface area contributed by atoms with E-state index >= 15 is 0 Å². The van der Waals surface area contributed by atoms with Gasteiger partial charge in [0.15, 0.2) is 5.78 Å². The van der Waals surface area contributed by atoms with Crippen LogP contribution in [-0.2, 0) is 0 Å². The lowest BCUT2D eigenvalue weighted by Gasteiger charge is -2.12. The highest BCUT2D eigenvalue weighted by atomic mass is 16.1. The SMILES string of the molecule is Cc1ccccc1C(=O)C(C)c1ccncc1. The van der Waals surface area contributed by atoms with Crippen LogP contribution in [0.4, 0.5) is 0 Å². The van der Waals surface area contributed by atoms with Gasteiger partial charge in [0.25, 0.3) is 0 Å². The number of aromatic nitrogens is 1. The summed E-state index contributed by atoms with van der Waals surface area (Å²) in [6, 6.07) is 11.5. The molecule has 0 aliphatic heterocycles. The maximum absolute atomic E-state index is 12.3. The number of carbonyl (C=O) groups is 1. The Morgan fingerprint density at radius 1 is 1.12 bits per heavy atom. The molecule has 1 heterocycles. The molecule has 1 unspecified atom stereocenters. The smallest absolute Gasteiger partial charge is 0.170 e. The number of hydrogen-bond acceptors (Lipinski definition) is 2. The number of benzene rings is 1. The molecule has 0 radical (unpaired) electrons. The lowest BCUT2D eigenvalue weighted by molar-refractivity contribution is 0.0965. The van der Waals surface area contributed by atoms with Gasteiger partial charge in [0.05, 0.1) is 0 Å². The van der Waals surface area contributed by atoms with Crippen LogP contribution in [0, 0.1) is 6.92 Å². The first-order valence-corrected chi connectivity index (χ1v) is 5.70. The predicted octanol–water partition coefficient (Wildman–Crippen LogP) is 3.38. The van der Waals surface area contributed by atoms with Gasteiger partial charge in [-0.05, 0) is 30.2 Å². The van der Waals surface area contributed by atoms with Crippen molar-refractivity contribution in [2.75, 3.05) is 0 Å². The summed E-state index contributed by atoms with van der Waals surface area (Å²) in [5.41, 5.74) is 2.84. The maximum Gasteiger partial charge on any atom is 0.170 e. The lowest BCUT2D eigenvalue weighted by atomic mass is 9.91. The largest absolute Gasteiger partial charge is 0.293 e. The average Bonchev–Trinajstić information content (AvgIpc) is 2.39. The lowest BCUT2D eigenvalue weighted by Crippen LogP contribution is -2.11. The van der Waals surface area contributed by atoms with Crippen LogP contribution in [0.3, 0.4) is 0 Å². The number of carbonyl (C=O) groups excluding carboxylic acids is 1. The van der Waals surface area contributed by atoms with E-state index in [0.29, 0.717) is 0 Å². The third-order valence-corrected chi connectivity index (χ3v) is 3.01. The third kappa shape index (κ3) is 2.41. The Morgan fingerprint density at radius 3 is 2.41 bits per heavy atom. The average molecular weight is 225 g/mol. The summed E-state index contributed by atoms with van der Waals surface area (Å²) in [6.07, 6.45) is 3.44. The van der Waals surface area contributed by atoms with Crippen LogP contribution < -0.4 is 0 Å². The van der Waals surface area contributed by atoms with E-state index in [1.165, 1.54) is 0 Å². The number of nitrogens with zero attached hydrogens (tertiary/aromatic N) is 1. The van der Waals surface area contributed by atoms with Gasteiger partial charge in [-0.15, -0.1) is 0 Å². The first-order chi connectivity index (χ1) is 8.20. The first kappa shape index (κ1) is 11.5. The van der Waals surface area contributed by atoms with E-state index in [-0.39, 0.29) is 11.7 Å². The van der Waals surface area contributed by atoms with Crippen LogP contribution in [0.2, 0.25) is 0 Å². The summed E-state index contributed by atoms with van der Waals surface area (Å²) in [5.74, 6) is 0.0356. The molecule has 0 bridgehead atoms. The van der Waals surface area contributed by atoms with Crippen molar-refractivity contribution in [1.82, 2.24) is 4.98 Å². The van der Waals surface area contributed by atoms with Gasteiger partial charge in [0, 0.05) is 23.9 Å². The summed E-state index contributed by atoms with van der Waals surface area (Å²) in [7, 11) is 0. The molecule has 0 aliphatic rings. The second kappa shape index (κ2) is 4.91. The van der Waals surface area contributed by atoms with Crippen LogP contribution in [0.1, 0.15) is 34.3 Å². The van der Waals surface area contributed by atoms with Crippen molar-refractivity contribution in [2.24, 2.45) is 0 Å². The van der Waals surface area contributed by atoms with Crippen LogP contribution in [0.25, 0.3) is 0 Å². The minimum Gasteiger partial charge on any atom is -0.293 e. The maximum atomic E-state index is 12.3. The molecule has 0 amide bonds. The fourth-order valence-corrected chi connectivity index (χ4v) is 1.89. The zero-order valence-electron chi connectivity index (χ0n) is 10.1. The van der Waals surface area contributed by atoms with Crippen LogP contribution >= 0.6 is 0 Å². The van der Waals surface area contributed by atoms with Crippen molar-refractivity contribution >= 4 is 5.78 Å². The summed E-state index contributed by atoms with van der Waals surface area (Å²) in [4.78, 5) is 16.3. The second-order valence-electron chi connectivity index (χ2n) is 4.18. The third-order valence-electron chi connectivity index (χ3n) is 3.01. The zero-order chi connectivity index (χ0) is 12.3. The molecule has 2 nitrogen and oxygen atoms in total. The molecule has 1 aromatic carbocycles. The molecular formula is C15H15NO. The number of Topliss-reactive ketones (excluding diaryl/α,β-unsaturated/α-hetero) is 1. The van der Waals surface area contributed by atoms with Crippen molar-refractivity contribution < 1.29 is 4.79 Å². The van der Waals surface area contributed by atoms with Gasteiger partial charge in [-0.1, -0.05) is 31.2 Å². The molecule has 2 rings (SSSR count). The van der Waals surface area contributed by atoms with Gasteiger partial charge in [-0.2, -0.15) is 0 Å². The van der Waals surface area contributed by atoms with Gasteiger partial charge >= 0.3 is 0 Å². The molecule has 86 valence electrons. The Hall–Kier alpha value is -1.96. The molecule has 0 N–H and O–H groups in total. The Labute approximate surface area is 101 Å². The molecule has 0 aliphatic carbocycles. The predicted molar refractivity (Wildman–Crippen MR) is 68.2 cm³/mol. The molecular weight excluding hydrogens is 210 g/mol. The summed E-state index contributed by atoms with van der Waals surface area (Å²) >= 11 is 0. The highest BCUT2D eigenvalue weighted by Gasteiger charge is 2.18. The monoisotopic (exact) mass is 225 g/mol.